The van der Waals surface area contributed by atoms with Gasteiger partial charge in [0.15, 0.2) is 11.5 Å². The molecule has 122 valence electrons. The fourth-order valence-electron chi connectivity index (χ4n) is 3.59. The summed E-state index contributed by atoms with van der Waals surface area (Å²) in [7, 11) is 0. The van der Waals surface area contributed by atoms with Crippen LogP contribution in [0.4, 0.5) is 0 Å². The SMILES string of the molecule is O=C(C1=CC[C@@H]2OC3(CCCCC3)OC[C@H]2O1)c1ccccn1. The van der Waals surface area contributed by atoms with E-state index in [0.717, 1.165) is 25.7 Å². The highest BCUT2D eigenvalue weighted by atomic mass is 16.7. The monoisotopic (exact) mass is 315 g/mol. The smallest absolute Gasteiger partial charge is 0.245 e. The molecule has 23 heavy (non-hydrogen) atoms. The van der Waals surface area contributed by atoms with E-state index < -0.39 is 5.79 Å². The molecule has 2 aliphatic heterocycles. The summed E-state index contributed by atoms with van der Waals surface area (Å²) in [4.78, 5) is 16.5. The van der Waals surface area contributed by atoms with Crippen molar-refractivity contribution in [3.8, 4) is 0 Å². The van der Waals surface area contributed by atoms with Gasteiger partial charge in [0.05, 0.1) is 6.61 Å². The number of allylic oxidation sites excluding steroid dienone is 1. The first-order valence-electron chi connectivity index (χ1n) is 8.40. The predicted octanol–water partition coefficient (Wildman–Crippen LogP) is 3.01. The van der Waals surface area contributed by atoms with Crippen LogP contribution in [0.5, 0.6) is 0 Å². The average molecular weight is 315 g/mol. The molecule has 1 saturated heterocycles. The zero-order chi connectivity index (χ0) is 15.7. The minimum Gasteiger partial charge on any atom is -0.481 e. The largest absolute Gasteiger partial charge is 0.481 e. The van der Waals surface area contributed by atoms with E-state index in [0.29, 0.717) is 24.5 Å². The van der Waals surface area contributed by atoms with Crippen LogP contribution in [-0.2, 0) is 14.2 Å². The van der Waals surface area contributed by atoms with Gasteiger partial charge in [-0.25, -0.2) is 0 Å². The number of carbonyl (C=O) groups excluding carboxylic acids is 1. The minimum atomic E-state index is -0.418. The molecule has 4 rings (SSSR count). The highest BCUT2D eigenvalue weighted by Gasteiger charge is 2.45. The second-order valence-electron chi connectivity index (χ2n) is 6.44. The molecule has 1 spiro atoms. The molecule has 5 nitrogen and oxygen atoms in total. The second kappa shape index (κ2) is 6.06. The van der Waals surface area contributed by atoms with E-state index in [2.05, 4.69) is 4.98 Å². The standard InChI is InChI=1S/C18H21NO4/c20-17(13-6-2-5-11-19-13)15-8-7-14-16(22-15)12-21-18(23-14)9-3-1-4-10-18/h2,5-6,8,11,14,16H,1,3-4,7,9-10,12H2/t14-,16+/m0/s1. The Kier molecular flexibility index (Phi) is 3.91. The van der Waals surface area contributed by atoms with Crippen molar-refractivity contribution in [3.63, 3.8) is 0 Å². The van der Waals surface area contributed by atoms with E-state index in [-0.39, 0.29) is 18.0 Å². The van der Waals surface area contributed by atoms with E-state index in [9.17, 15) is 4.79 Å². The maximum Gasteiger partial charge on any atom is 0.245 e. The van der Waals surface area contributed by atoms with Crippen molar-refractivity contribution >= 4 is 5.78 Å². The van der Waals surface area contributed by atoms with Crippen molar-refractivity contribution in [2.45, 2.75) is 56.5 Å². The third-order valence-corrected chi connectivity index (χ3v) is 4.84. The molecule has 0 amide bonds. The molecule has 1 aromatic heterocycles. The first-order chi connectivity index (χ1) is 11.3. The third kappa shape index (κ3) is 2.91. The molecule has 0 bridgehead atoms. The van der Waals surface area contributed by atoms with Crippen molar-refractivity contribution in [2.24, 2.45) is 0 Å². The number of hydrogen-bond donors (Lipinski definition) is 0. The highest BCUT2D eigenvalue weighted by molar-refractivity contribution is 6.05. The predicted molar refractivity (Wildman–Crippen MR) is 82.8 cm³/mol. The van der Waals surface area contributed by atoms with Gasteiger partial charge in [0.25, 0.3) is 0 Å². The molecule has 0 aromatic carbocycles. The molecule has 3 aliphatic rings. The lowest BCUT2D eigenvalue weighted by atomic mass is 9.92. The fourth-order valence-corrected chi connectivity index (χ4v) is 3.59. The summed E-state index contributed by atoms with van der Waals surface area (Å²) in [6, 6.07) is 5.28. The summed E-state index contributed by atoms with van der Waals surface area (Å²) in [6.45, 7) is 0.484. The molecule has 1 aliphatic carbocycles. The first kappa shape index (κ1) is 14.8. The van der Waals surface area contributed by atoms with E-state index in [1.54, 1.807) is 24.4 Å². The lowest BCUT2D eigenvalue weighted by Gasteiger charge is -2.47. The van der Waals surface area contributed by atoms with Crippen LogP contribution in [0.1, 0.15) is 49.0 Å². The lowest BCUT2D eigenvalue weighted by molar-refractivity contribution is -0.333. The zero-order valence-electron chi connectivity index (χ0n) is 13.1. The normalized spacial score (nSPS) is 29.3. The van der Waals surface area contributed by atoms with Crippen molar-refractivity contribution < 1.29 is 19.0 Å². The Labute approximate surface area is 135 Å². The molecule has 0 unspecified atom stereocenters. The quantitative estimate of drug-likeness (QED) is 0.785. The highest BCUT2D eigenvalue weighted by Crippen LogP contribution is 2.40. The van der Waals surface area contributed by atoms with Gasteiger partial charge < -0.3 is 14.2 Å². The summed E-state index contributed by atoms with van der Waals surface area (Å²) >= 11 is 0. The van der Waals surface area contributed by atoms with Gasteiger partial charge in [-0.15, -0.1) is 0 Å². The van der Waals surface area contributed by atoms with Crippen LogP contribution in [0.3, 0.4) is 0 Å². The number of ether oxygens (including phenoxy) is 3. The van der Waals surface area contributed by atoms with Crippen molar-refractivity contribution in [1.82, 2.24) is 4.98 Å². The molecule has 2 atom stereocenters. The van der Waals surface area contributed by atoms with E-state index >= 15 is 0 Å². The number of rotatable bonds is 2. The van der Waals surface area contributed by atoms with Crippen LogP contribution in [0.15, 0.2) is 36.2 Å². The lowest BCUT2D eigenvalue weighted by Crippen LogP contribution is -2.54. The van der Waals surface area contributed by atoms with Crippen molar-refractivity contribution in [1.29, 1.82) is 0 Å². The van der Waals surface area contributed by atoms with Crippen LogP contribution in [-0.4, -0.2) is 35.4 Å². The van der Waals surface area contributed by atoms with Crippen LogP contribution in [0, 0.1) is 0 Å². The minimum absolute atomic E-state index is 0.0258. The van der Waals surface area contributed by atoms with Crippen molar-refractivity contribution in [3.05, 3.63) is 41.9 Å². The summed E-state index contributed by atoms with van der Waals surface area (Å²) in [5, 5.41) is 0. The molecular formula is C18H21NO4. The van der Waals surface area contributed by atoms with E-state index in [4.69, 9.17) is 14.2 Å². The molecule has 0 radical (unpaired) electrons. The van der Waals surface area contributed by atoms with Gasteiger partial charge in [0, 0.05) is 19.0 Å². The zero-order valence-corrected chi connectivity index (χ0v) is 13.1. The van der Waals surface area contributed by atoms with Gasteiger partial charge in [-0.2, -0.15) is 0 Å². The van der Waals surface area contributed by atoms with Gasteiger partial charge in [0.2, 0.25) is 5.78 Å². The Bertz CT molecular complexity index is 607. The van der Waals surface area contributed by atoms with Gasteiger partial charge in [-0.1, -0.05) is 12.5 Å². The average Bonchev–Trinajstić information content (AvgIpc) is 2.62. The van der Waals surface area contributed by atoms with Crippen LogP contribution in [0.25, 0.3) is 0 Å². The van der Waals surface area contributed by atoms with E-state index in [1.807, 2.05) is 6.08 Å². The maximum atomic E-state index is 12.4. The Balaban J connectivity index is 1.47. The molecule has 1 aromatic rings. The molecular weight excluding hydrogens is 294 g/mol. The van der Waals surface area contributed by atoms with Crippen LogP contribution < -0.4 is 0 Å². The van der Waals surface area contributed by atoms with Gasteiger partial charge >= 0.3 is 0 Å². The Morgan fingerprint density at radius 3 is 2.83 bits per heavy atom. The van der Waals surface area contributed by atoms with Crippen LogP contribution >= 0.6 is 0 Å². The van der Waals surface area contributed by atoms with E-state index in [1.165, 1.54) is 6.42 Å². The number of hydrogen-bond acceptors (Lipinski definition) is 5. The Morgan fingerprint density at radius 1 is 1.17 bits per heavy atom. The fraction of sp³-hybridized carbons (Fsp3) is 0.556. The number of pyridine rings is 1. The number of ketones is 1. The number of carbonyl (C=O) groups is 1. The summed E-state index contributed by atoms with van der Waals surface area (Å²) in [6.07, 6.45) is 9.36. The third-order valence-electron chi connectivity index (χ3n) is 4.84. The van der Waals surface area contributed by atoms with Crippen molar-refractivity contribution in [2.75, 3.05) is 6.61 Å². The number of aromatic nitrogens is 1. The topological polar surface area (TPSA) is 57.7 Å². The molecule has 2 fully saturated rings. The Morgan fingerprint density at radius 2 is 2.04 bits per heavy atom. The summed E-state index contributed by atoms with van der Waals surface area (Å²) in [5.41, 5.74) is 0.401. The van der Waals surface area contributed by atoms with Gasteiger partial charge in [-0.3, -0.25) is 9.78 Å². The second-order valence-corrected chi connectivity index (χ2v) is 6.44. The summed E-state index contributed by atoms with van der Waals surface area (Å²) in [5.74, 6) is -0.238. The molecule has 0 N–H and O–H groups in total. The summed E-state index contributed by atoms with van der Waals surface area (Å²) < 4.78 is 18.1. The van der Waals surface area contributed by atoms with Gasteiger partial charge in [-0.05, 0) is 37.5 Å². The molecule has 5 heteroatoms. The van der Waals surface area contributed by atoms with Crippen LogP contribution in [0.2, 0.25) is 0 Å². The first-order valence-corrected chi connectivity index (χ1v) is 8.40. The number of Topliss-reactive ketones (excluding diaryl/α,β-unsaturated/α-hetero) is 1. The number of fused-ring (bicyclic) bond motifs is 1. The Hall–Kier alpha value is -1.72. The number of nitrogens with zero attached hydrogens (tertiary/aromatic N) is 1. The maximum absolute atomic E-state index is 12.4. The molecule has 3 heterocycles. The molecule has 1 saturated carbocycles. The van der Waals surface area contributed by atoms with Gasteiger partial charge in [0.1, 0.15) is 17.9 Å².